The van der Waals surface area contributed by atoms with Crippen molar-refractivity contribution in [2.24, 2.45) is 22.7 Å². The van der Waals surface area contributed by atoms with Crippen LogP contribution in [0.1, 0.15) is 46.5 Å². The second-order valence-electron chi connectivity index (χ2n) is 9.63. The lowest BCUT2D eigenvalue weighted by Gasteiger charge is -2.59. The molecule has 4 heteroatoms. The Labute approximate surface area is 166 Å². The molecule has 2 aromatic rings. The van der Waals surface area contributed by atoms with Crippen LogP contribution in [0, 0.1) is 22.7 Å². The summed E-state index contributed by atoms with van der Waals surface area (Å²) in [6.07, 6.45) is 3.44. The van der Waals surface area contributed by atoms with E-state index in [4.69, 9.17) is 9.15 Å². The summed E-state index contributed by atoms with van der Waals surface area (Å²) >= 11 is 0. The van der Waals surface area contributed by atoms with Crippen LogP contribution in [0.5, 0.6) is 5.75 Å². The zero-order valence-electron chi connectivity index (χ0n) is 17.0. The molecule has 1 aromatic heterocycles. The lowest BCUT2D eigenvalue weighted by molar-refractivity contribution is -0.0934. The van der Waals surface area contributed by atoms with Crippen LogP contribution in [0.25, 0.3) is 11.0 Å². The third-order valence-electron chi connectivity index (χ3n) is 7.25. The molecule has 4 nitrogen and oxygen atoms in total. The monoisotopic (exact) mass is 382 g/mol. The van der Waals surface area contributed by atoms with Crippen LogP contribution < -0.4 is 10.4 Å². The summed E-state index contributed by atoms with van der Waals surface area (Å²) in [6, 6.07) is 8.80. The highest BCUT2D eigenvalue weighted by atomic mass is 16.5. The standard InChI is InChI=1S/C24H30O4/c1-15-13-23(2,3)21-11-17(25)9-10-24(21,4)19(15)14-27-18-7-5-16-6-8-22(26)28-20(16)12-18/h5-8,12,17,19,21,25H,1,9-11,13-14H2,2-4H3/t17-,19+,21+,24+/m0/s1. The van der Waals surface area contributed by atoms with Gasteiger partial charge in [0.1, 0.15) is 11.3 Å². The number of hydrogen-bond acceptors (Lipinski definition) is 4. The van der Waals surface area contributed by atoms with Gasteiger partial charge in [-0.3, -0.25) is 0 Å². The number of hydrogen-bond donors (Lipinski definition) is 1. The van der Waals surface area contributed by atoms with Gasteiger partial charge in [-0.05, 0) is 60.6 Å². The van der Waals surface area contributed by atoms with E-state index in [0.717, 1.165) is 31.1 Å². The zero-order valence-corrected chi connectivity index (χ0v) is 17.0. The van der Waals surface area contributed by atoms with E-state index in [2.05, 4.69) is 27.4 Å². The summed E-state index contributed by atoms with van der Waals surface area (Å²) in [4.78, 5) is 11.5. The second-order valence-corrected chi connectivity index (χ2v) is 9.63. The molecule has 150 valence electrons. The van der Waals surface area contributed by atoms with Gasteiger partial charge in [-0.1, -0.05) is 32.9 Å². The summed E-state index contributed by atoms with van der Waals surface area (Å²) in [5, 5.41) is 11.2. The highest BCUT2D eigenvalue weighted by Crippen LogP contribution is 2.61. The van der Waals surface area contributed by atoms with Crippen molar-refractivity contribution in [1.29, 1.82) is 0 Å². The van der Waals surface area contributed by atoms with Crippen LogP contribution in [0.4, 0.5) is 0 Å². The number of ether oxygens (including phenoxy) is 1. The fourth-order valence-corrected chi connectivity index (χ4v) is 5.86. The first-order valence-corrected chi connectivity index (χ1v) is 10.2. The van der Waals surface area contributed by atoms with E-state index in [1.54, 1.807) is 12.1 Å². The van der Waals surface area contributed by atoms with Crippen molar-refractivity contribution in [3.05, 3.63) is 52.9 Å². The molecule has 28 heavy (non-hydrogen) atoms. The Kier molecular flexibility index (Phi) is 4.65. The van der Waals surface area contributed by atoms with Gasteiger partial charge >= 0.3 is 5.63 Å². The average molecular weight is 383 g/mol. The highest BCUT2D eigenvalue weighted by Gasteiger charge is 2.55. The van der Waals surface area contributed by atoms with E-state index < -0.39 is 0 Å². The minimum Gasteiger partial charge on any atom is -0.493 e. The maximum absolute atomic E-state index is 11.5. The molecule has 0 spiro atoms. The van der Waals surface area contributed by atoms with Gasteiger partial charge in [-0.15, -0.1) is 0 Å². The molecule has 4 rings (SSSR count). The maximum atomic E-state index is 11.5. The van der Waals surface area contributed by atoms with Gasteiger partial charge < -0.3 is 14.3 Å². The van der Waals surface area contributed by atoms with Gasteiger partial charge in [0.2, 0.25) is 0 Å². The molecular weight excluding hydrogens is 352 g/mol. The average Bonchev–Trinajstić information content (AvgIpc) is 2.62. The minimum atomic E-state index is -0.358. The van der Waals surface area contributed by atoms with Crippen molar-refractivity contribution in [3.63, 3.8) is 0 Å². The van der Waals surface area contributed by atoms with Crippen molar-refractivity contribution >= 4 is 11.0 Å². The molecule has 0 bridgehead atoms. The molecule has 0 unspecified atom stereocenters. The molecule has 2 aliphatic carbocycles. The normalized spacial score (nSPS) is 32.1. The Morgan fingerprint density at radius 2 is 2.00 bits per heavy atom. The van der Waals surface area contributed by atoms with E-state index in [1.165, 1.54) is 11.6 Å². The SMILES string of the molecule is C=C1CC(C)(C)[C@H]2C[C@@H](O)CC[C@]2(C)[C@@H]1COc1ccc2ccc(=O)oc2c1. The number of aliphatic hydroxyl groups excluding tert-OH is 1. The lowest BCUT2D eigenvalue weighted by Crippen LogP contribution is -2.53. The van der Waals surface area contributed by atoms with Gasteiger partial charge in [0.05, 0.1) is 12.7 Å². The Morgan fingerprint density at radius 3 is 2.79 bits per heavy atom. The third kappa shape index (κ3) is 3.28. The van der Waals surface area contributed by atoms with Gasteiger partial charge in [0.15, 0.2) is 0 Å². The summed E-state index contributed by atoms with van der Waals surface area (Å²) in [5.74, 6) is 1.39. The fraction of sp³-hybridized carbons (Fsp3) is 0.542. The third-order valence-corrected chi connectivity index (χ3v) is 7.25. The second kappa shape index (κ2) is 6.77. The molecular formula is C24H30O4. The van der Waals surface area contributed by atoms with Crippen LogP contribution in [0.2, 0.25) is 0 Å². The number of rotatable bonds is 3. The van der Waals surface area contributed by atoms with Gasteiger partial charge in [0.25, 0.3) is 0 Å². The van der Waals surface area contributed by atoms with Crippen molar-refractivity contribution < 1.29 is 14.3 Å². The van der Waals surface area contributed by atoms with Crippen LogP contribution in [0.15, 0.2) is 51.7 Å². The number of fused-ring (bicyclic) bond motifs is 2. The number of aliphatic hydroxyl groups is 1. The minimum absolute atomic E-state index is 0.0709. The van der Waals surface area contributed by atoms with Gasteiger partial charge in [-0.25, -0.2) is 4.79 Å². The predicted octanol–water partition coefficient (Wildman–Crippen LogP) is 4.94. The smallest absolute Gasteiger partial charge is 0.336 e. The highest BCUT2D eigenvalue weighted by molar-refractivity contribution is 5.77. The Morgan fingerprint density at radius 1 is 1.25 bits per heavy atom. The van der Waals surface area contributed by atoms with Crippen LogP contribution in [-0.2, 0) is 0 Å². The Hall–Kier alpha value is -2.07. The first-order valence-electron chi connectivity index (χ1n) is 10.2. The van der Waals surface area contributed by atoms with E-state index in [-0.39, 0.29) is 28.5 Å². The van der Waals surface area contributed by atoms with Crippen molar-refractivity contribution in [3.8, 4) is 5.75 Å². The fourth-order valence-electron chi connectivity index (χ4n) is 5.86. The van der Waals surface area contributed by atoms with Crippen molar-refractivity contribution in [2.75, 3.05) is 6.61 Å². The summed E-state index contributed by atoms with van der Waals surface area (Å²) in [7, 11) is 0. The largest absolute Gasteiger partial charge is 0.493 e. The maximum Gasteiger partial charge on any atom is 0.336 e. The summed E-state index contributed by atoms with van der Waals surface area (Å²) in [5.41, 5.74) is 1.63. The topological polar surface area (TPSA) is 59.7 Å². The quantitative estimate of drug-likeness (QED) is 0.603. The molecule has 2 saturated carbocycles. The Bertz CT molecular complexity index is 956. The molecule has 4 atom stereocenters. The molecule has 0 aliphatic heterocycles. The first-order chi connectivity index (χ1) is 13.2. The van der Waals surface area contributed by atoms with Crippen LogP contribution >= 0.6 is 0 Å². The molecule has 1 heterocycles. The zero-order chi connectivity index (χ0) is 20.1. The van der Waals surface area contributed by atoms with Crippen molar-refractivity contribution in [1.82, 2.24) is 0 Å². The summed E-state index contributed by atoms with van der Waals surface area (Å²) in [6.45, 7) is 11.9. The Balaban J connectivity index is 1.58. The summed E-state index contributed by atoms with van der Waals surface area (Å²) < 4.78 is 11.5. The van der Waals surface area contributed by atoms with Crippen LogP contribution in [0.3, 0.4) is 0 Å². The molecule has 1 N–H and O–H groups in total. The van der Waals surface area contributed by atoms with Gasteiger partial charge in [-0.2, -0.15) is 0 Å². The lowest BCUT2D eigenvalue weighted by atomic mass is 9.47. The van der Waals surface area contributed by atoms with Gasteiger partial charge in [0, 0.05) is 23.4 Å². The van der Waals surface area contributed by atoms with E-state index in [1.807, 2.05) is 12.1 Å². The molecule has 0 amide bonds. The molecule has 0 radical (unpaired) electrons. The van der Waals surface area contributed by atoms with Crippen LogP contribution in [-0.4, -0.2) is 17.8 Å². The molecule has 2 aliphatic rings. The molecule has 2 fully saturated rings. The first kappa shape index (κ1) is 19.3. The number of benzene rings is 1. The van der Waals surface area contributed by atoms with E-state index >= 15 is 0 Å². The van der Waals surface area contributed by atoms with Crippen molar-refractivity contribution in [2.45, 2.75) is 52.6 Å². The molecule has 0 saturated heterocycles. The van der Waals surface area contributed by atoms with E-state index in [9.17, 15) is 9.90 Å². The molecule has 1 aromatic carbocycles. The van der Waals surface area contributed by atoms with E-state index in [0.29, 0.717) is 23.9 Å². The predicted molar refractivity (Wildman–Crippen MR) is 110 cm³/mol.